The van der Waals surface area contributed by atoms with Gasteiger partial charge in [0.2, 0.25) is 5.91 Å². The molecule has 106 valence electrons. The lowest BCUT2D eigenvalue weighted by atomic mass is 9.81. The van der Waals surface area contributed by atoms with Crippen LogP contribution in [0.15, 0.2) is 0 Å². The lowest BCUT2D eigenvalue weighted by molar-refractivity contribution is -0.143. The number of methoxy groups -OCH3 is 1. The number of halogens is 1. The van der Waals surface area contributed by atoms with E-state index < -0.39 is 0 Å². The van der Waals surface area contributed by atoms with Gasteiger partial charge in [0.1, 0.15) is 0 Å². The SMILES string of the molecule is COCCC1(C(=O)N2CCNCC2)CCCC1.Cl. The molecule has 0 aromatic rings. The first-order valence-electron chi connectivity index (χ1n) is 6.77. The van der Waals surface area contributed by atoms with Crippen molar-refractivity contribution in [3.05, 3.63) is 0 Å². The molecule has 1 aliphatic carbocycles. The summed E-state index contributed by atoms with van der Waals surface area (Å²) in [5.74, 6) is 0.383. The van der Waals surface area contributed by atoms with E-state index >= 15 is 0 Å². The summed E-state index contributed by atoms with van der Waals surface area (Å²) in [5.41, 5.74) is -0.104. The van der Waals surface area contributed by atoms with E-state index in [9.17, 15) is 4.79 Å². The fourth-order valence-electron chi connectivity index (χ4n) is 3.12. The van der Waals surface area contributed by atoms with Gasteiger partial charge in [0, 0.05) is 39.9 Å². The van der Waals surface area contributed by atoms with Gasteiger partial charge in [0.15, 0.2) is 0 Å². The van der Waals surface area contributed by atoms with Gasteiger partial charge in [0.25, 0.3) is 0 Å². The first kappa shape index (κ1) is 15.7. The number of carbonyl (C=O) groups is 1. The van der Waals surface area contributed by atoms with Crippen LogP contribution in [-0.4, -0.2) is 50.7 Å². The first-order valence-corrected chi connectivity index (χ1v) is 6.77. The third-order valence-corrected chi connectivity index (χ3v) is 4.20. The number of ether oxygens (including phenoxy) is 1. The van der Waals surface area contributed by atoms with E-state index in [0.717, 1.165) is 45.4 Å². The number of nitrogens with zero attached hydrogens (tertiary/aromatic N) is 1. The van der Waals surface area contributed by atoms with Crippen molar-refractivity contribution in [3.63, 3.8) is 0 Å². The van der Waals surface area contributed by atoms with Crippen LogP contribution >= 0.6 is 12.4 Å². The Hall–Kier alpha value is -0.320. The highest BCUT2D eigenvalue weighted by Gasteiger charge is 2.43. The Morgan fingerprint density at radius 2 is 1.89 bits per heavy atom. The van der Waals surface area contributed by atoms with Gasteiger partial charge < -0.3 is 15.0 Å². The van der Waals surface area contributed by atoms with Crippen molar-refractivity contribution in [2.24, 2.45) is 5.41 Å². The Morgan fingerprint density at radius 1 is 1.28 bits per heavy atom. The predicted octanol–water partition coefficient (Wildman–Crippen LogP) is 1.44. The van der Waals surface area contributed by atoms with Crippen LogP contribution in [-0.2, 0) is 9.53 Å². The van der Waals surface area contributed by atoms with Crippen LogP contribution in [0, 0.1) is 5.41 Å². The van der Waals surface area contributed by atoms with E-state index in [-0.39, 0.29) is 17.8 Å². The van der Waals surface area contributed by atoms with Crippen LogP contribution in [0.3, 0.4) is 0 Å². The van der Waals surface area contributed by atoms with Crippen molar-refractivity contribution >= 4 is 18.3 Å². The molecule has 1 N–H and O–H groups in total. The number of hydrogen-bond donors (Lipinski definition) is 1. The third-order valence-electron chi connectivity index (χ3n) is 4.20. The van der Waals surface area contributed by atoms with Gasteiger partial charge in [-0.1, -0.05) is 12.8 Å². The van der Waals surface area contributed by atoms with Crippen LogP contribution in [0.2, 0.25) is 0 Å². The highest BCUT2D eigenvalue weighted by atomic mass is 35.5. The maximum atomic E-state index is 12.7. The molecular formula is C13H25ClN2O2. The maximum absolute atomic E-state index is 12.7. The van der Waals surface area contributed by atoms with Gasteiger partial charge in [-0.05, 0) is 19.3 Å². The molecule has 5 heteroatoms. The van der Waals surface area contributed by atoms with Crippen molar-refractivity contribution in [3.8, 4) is 0 Å². The second-order valence-electron chi connectivity index (χ2n) is 5.27. The van der Waals surface area contributed by atoms with Crippen molar-refractivity contribution < 1.29 is 9.53 Å². The van der Waals surface area contributed by atoms with E-state index in [1.807, 2.05) is 0 Å². The molecule has 0 bridgehead atoms. The van der Waals surface area contributed by atoms with Crippen molar-refractivity contribution in [1.82, 2.24) is 10.2 Å². The zero-order chi connectivity index (χ0) is 12.1. The summed E-state index contributed by atoms with van der Waals surface area (Å²) < 4.78 is 5.18. The second-order valence-corrected chi connectivity index (χ2v) is 5.27. The number of amides is 1. The summed E-state index contributed by atoms with van der Waals surface area (Å²) in [7, 11) is 1.72. The lowest BCUT2D eigenvalue weighted by Crippen LogP contribution is -2.51. The fourth-order valence-corrected chi connectivity index (χ4v) is 3.12. The minimum absolute atomic E-state index is 0. The van der Waals surface area contributed by atoms with E-state index in [0.29, 0.717) is 12.5 Å². The summed E-state index contributed by atoms with van der Waals surface area (Å²) in [4.78, 5) is 14.7. The summed E-state index contributed by atoms with van der Waals surface area (Å²) in [6, 6.07) is 0. The van der Waals surface area contributed by atoms with Gasteiger partial charge in [-0.15, -0.1) is 12.4 Å². The van der Waals surface area contributed by atoms with Crippen LogP contribution < -0.4 is 5.32 Å². The van der Waals surface area contributed by atoms with Gasteiger partial charge in [-0.2, -0.15) is 0 Å². The standard InChI is InChI=1S/C13H24N2O2.ClH/c1-17-11-6-13(4-2-3-5-13)12(16)15-9-7-14-8-10-15;/h14H,2-11H2,1H3;1H. The molecule has 0 radical (unpaired) electrons. The monoisotopic (exact) mass is 276 g/mol. The molecule has 4 nitrogen and oxygen atoms in total. The molecule has 0 aromatic carbocycles. The van der Waals surface area contributed by atoms with E-state index in [4.69, 9.17) is 4.74 Å². The fraction of sp³-hybridized carbons (Fsp3) is 0.923. The Labute approximate surface area is 116 Å². The van der Waals surface area contributed by atoms with E-state index in [2.05, 4.69) is 10.2 Å². The summed E-state index contributed by atoms with van der Waals surface area (Å²) in [6.45, 7) is 4.32. The third kappa shape index (κ3) is 3.37. The van der Waals surface area contributed by atoms with Crippen molar-refractivity contribution in [2.45, 2.75) is 32.1 Å². The molecule has 2 rings (SSSR count). The van der Waals surface area contributed by atoms with Crippen LogP contribution in [0.25, 0.3) is 0 Å². The molecule has 1 saturated heterocycles. The molecule has 0 unspecified atom stereocenters. The highest BCUT2D eigenvalue weighted by molar-refractivity contribution is 5.85. The zero-order valence-electron chi connectivity index (χ0n) is 11.2. The normalized spacial score (nSPS) is 22.6. The second kappa shape index (κ2) is 7.31. The van der Waals surface area contributed by atoms with Gasteiger partial charge in [-0.3, -0.25) is 4.79 Å². The highest BCUT2D eigenvalue weighted by Crippen LogP contribution is 2.42. The number of hydrogen-bond acceptors (Lipinski definition) is 3. The topological polar surface area (TPSA) is 41.6 Å². The minimum atomic E-state index is -0.104. The molecule has 0 atom stereocenters. The molecule has 1 heterocycles. The van der Waals surface area contributed by atoms with Crippen LogP contribution in [0.4, 0.5) is 0 Å². The molecule has 1 amide bonds. The Kier molecular flexibility index (Phi) is 6.39. The average molecular weight is 277 g/mol. The van der Waals surface area contributed by atoms with Gasteiger partial charge in [0.05, 0.1) is 5.41 Å². The summed E-state index contributed by atoms with van der Waals surface area (Å²) in [6.07, 6.45) is 5.40. The van der Waals surface area contributed by atoms with Gasteiger partial charge in [-0.25, -0.2) is 0 Å². The van der Waals surface area contributed by atoms with Crippen molar-refractivity contribution in [2.75, 3.05) is 39.9 Å². The van der Waals surface area contributed by atoms with Crippen molar-refractivity contribution in [1.29, 1.82) is 0 Å². The van der Waals surface area contributed by atoms with Crippen LogP contribution in [0.1, 0.15) is 32.1 Å². The zero-order valence-corrected chi connectivity index (χ0v) is 12.1. The predicted molar refractivity (Wildman–Crippen MR) is 74.1 cm³/mol. The van der Waals surface area contributed by atoms with Gasteiger partial charge >= 0.3 is 0 Å². The smallest absolute Gasteiger partial charge is 0.228 e. The molecule has 1 saturated carbocycles. The molecule has 0 spiro atoms. The molecule has 2 fully saturated rings. The molecular weight excluding hydrogens is 252 g/mol. The minimum Gasteiger partial charge on any atom is -0.385 e. The molecule has 2 aliphatic rings. The number of carbonyl (C=O) groups excluding carboxylic acids is 1. The summed E-state index contributed by atoms with van der Waals surface area (Å²) in [5, 5.41) is 3.30. The van der Waals surface area contributed by atoms with E-state index in [1.54, 1.807) is 7.11 Å². The molecule has 0 aromatic heterocycles. The largest absolute Gasteiger partial charge is 0.385 e. The van der Waals surface area contributed by atoms with E-state index in [1.165, 1.54) is 12.8 Å². The first-order chi connectivity index (χ1) is 8.28. The Bertz CT molecular complexity index is 262. The average Bonchev–Trinajstić information content (AvgIpc) is 2.86. The number of piperazine rings is 1. The summed E-state index contributed by atoms with van der Waals surface area (Å²) >= 11 is 0. The number of nitrogens with one attached hydrogen (secondary N) is 1. The molecule has 18 heavy (non-hydrogen) atoms. The quantitative estimate of drug-likeness (QED) is 0.845. The molecule has 1 aliphatic heterocycles. The Balaban J connectivity index is 0.00000162. The van der Waals surface area contributed by atoms with Crippen LogP contribution in [0.5, 0.6) is 0 Å². The number of rotatable bonds is 4. The lowest BCUT2D eigenvalue weighted by Gasteiger charge is -2.36. The maximum Gasteiger partial charge on any atom is 0.228 e. The Morgan fingerprint density at radius 3 is 2.44 bits per heavy atom.